The lowest BCUT2D eigenvalue weighted by atomic mass is 9.99. The molecule has 0 saturated carbocycles. The van der Waals surface area contributed by atoms with Gasteiger partial charge in [-0.05, 0) is 41.8 Å². The van der Waals surface area contributed by atoms with Gasteiger partial charge in [-0.2, -0.15) is 0 Å². The van der Waals surface area contributed by atoms with Crippen molar-refractivity contribution in [3.63, 3.8) is 0 Å². The summed E-state index contributed by atoms with van der Waals surface area (Å²) in [6.07, 6.45) is 0.584. The van der Waals surface area contributed by atoms with Crippen LogP contribution in [0.3, 0.4) is 0 Å². The molecule has 3 aromatic rings. The Balaban J connectivity index is 1.81. The van der Waals surface area contributed by atoms with Crippen molar-refractivity contribution in [2.45, 2.75) is 20.0 Å². The van der Waals surface area contributed by atoms with Crippen LogP contribution in [0.5, 0.6) is 11.5 Å². The number of rotatable bonds is 6. The van der Waals surface area contributed by atoms with Gasteiger partial charge in [0, 0.05) is 11.1 Å². The molecule has 0 unspecified atom stereocenters. The largest absolute Gasteiger partial charge is 0.496 e. The van der Waals surface area contributed by atoms with Gasteiger partial charge in [0.05, 0.1) is 7.11 Å². The molecule has 0 spiro atoms. The first-order valence-corrected chi connectivity index (χ1v) is 8.35. The van der Waals surface area contributed by atoms with Gasteiger partial charge < -0.3 is 9.47 Å². The summed E-state index contributed by atoms with van der Waals surface area (Å²) in [5.41, 5.74) is 3.58. The molecular weight excluding hydrogens is 315 g/mol. The summed E-state index contributed by atoms with van der Waals surface area (Å²) in [7, 11) is 1.58. The first-order valence-electron chi connectivity index (χ1n) is 8.35. The van der Waals surface area contributed by atoms with Gasteiger partial charge in [-0.25, -0.2) is 4.39 Å². The molecule has 0 aliphatic heterocycles. The minimum atomic E-state index is -0.231. The zero-order valence-electron chi connectivity index (χ0n) is 14.5. The molecule has 0 bridgehead atoms. The smallest absolute Gasteiger partial charge is 0.132 e. The van der Waals surface area contributed by atoms with Crippen molar-refractivity contribution in [2.24, 2.45) is 0 Å². The van der Waals surface area contributed by atoms with Crippen LogP contribution in [-0.4, -0.2) is 7.11 Å². The Bertz CT molecular complexity index is 827. The predicted molar refractivity (Wildman–Crippen MR) is 98.5 cm³/mol. The van der Waals surface area contributed by atoms with Crippen molar-refractivity contribution in [1.82, 2.24) is 0 Å². The first kappa shape index (κ1) is 17.0. The molecule has 25 heavy (non-hydrogen) atoms. The Morgan fingerprint density at radius 1 is 0.880 bits per heavy atom. The molecule has 0 saturated heterocycles. The van der Waals surface area contributed by atoms with Crippen molar-refractivity contribution in [2.75, 3.05) is 7.11 Å². The average Bonchev–Trinajstić information content (AvgIpc) is 2.67. The van der Waals surface area contributed by atoms with Crippen LogP contribution in [0, 0.1) is 5.82 Å². The van der Waals surface area contributed by atoms with Gasteiger partial charge in [0.15, 0.2) is 0 Å². The van der Waals surface area contributed by atoms with Crippen LogP contribution < -0.4 is 9.47 Å². The van der Waals surface area contributed by atoms with Gasteiger partial charge in [0.1, 0.15) is 23.9 Å². The molecule has 2 nitrogen and oxygen atoms in total. The normalized spacial score (nSPS) is 10.5. The van der Waals surface area contributed by atoms with Crippen LogP contribution in [0.1, 0.15) is 18.1 Å². The fourth-order valence-electron chi connectivity index (χ4n) is 2.87. The molecular formula is C22H21FO2. The minimum absolute atomic E-state index is 0.231. The molecule has 3 rings (SSSR count). The molecule has 0 radical (unpaired) electrons. The van der Waals surface area contributed by atoms with E-state index in [1.807, 2.05) is 61.5 Å². The molecule has 0 aliphatic rings. The molecule has 0 aromatic heterocycles. The predicted octanol–water partition coefficient (Wildman–Crippen LogP) is 5.64. The van der Waals surface area contributed by atoms with Crippen molar-refractivity contribution in [3.8, 4) is 22.6 Å². The lowest BCUT2D eigenvalue weighted by molar-refractivity contribution is 0.306. The van der Waals surface area contributed by atoms with E-state index in [0.717, 1.165) is 22.4 Å². The third kappa shape index (κ3) is 3.82. The van der Waals surface area contributed by atoms with Crippen molar-refractivity contribution >= 4 is 0 Å². The van der Waals surface area contributed by atoms with Crippen LogP contribution in [0.15, 0.2) is 66.7 Å². The topological polar surface area (TPSA) is 18.5 Å². The van der Waals surface area contributed by atoms with Gasteiger partial charge in [-0.3, -0.25) is 0 Å². The molecule has 0 aliphatic carbocycles. The number of methoxy groups -OCH3 is 1. The van der Waals surface area contributed by atoms with Gasteiger partial charge in [0.2, 0.25) is 0 Å². The Morgan fingerprint density at radius 3 is 2.24 bits per heavy atom. The summed E-state index contributed by atoms with van der Waals surface area (Å²) >= 11 is 0. The van der Waals surface area contributed by atoms with Crippen LogP contribution in [0.4, 0.5) is 4.39 Å². The molecule has 0 amide bonds. The lowest BCUT2D eigenvalue weighted by Gasteiger charge is -2.14. The molecule has 0 N–H and O–H groups in total. The van der Waals surface area contributed by atoms with E-state index in [4.69, 9.17) is 9.47 Å². The number of ether oxygens (including phenoxy) is 2. The van der Waals surface area contributed by atoms with Crippen LogP contribution in [0.25, 0.3) is 11.1 Å². The summed E-state index contributed by atoms with van der Waals surface area (Å²) < 4.78 is 25.2. The van der Waals surface area contributed by atoms with E-state index in [1.54, 1.807) is 13.2 Å². The number of benzene rings is 3. The maximum absolute atomic E-state index is 14.0. The third-order valence-corrected chi connectivity index (χ3v) is 4.17. The highest BCUT2D eigenvalue weighted by Gasteiger charge is 2.14. The number of hydrogen-bond donors (Lipinski definition) is 0. The minimum Gasteiger partial charge on any atom is -0.496 e. The summed E-state index contributed by atoms with van der Waals surface area (Å²) in [4.78, 5) is 0. The second kappa shape index (κ2) is 7.84. The highest BCUT2D eigenvalue weighted by molar-refractivity contribution is 5.72. The van der Waals surface area contributed by atoms with Gasteiger partial charge in [-0.1, -0.05) is 49.4 Å². The molecule has 3 heteroatoms. The van der Waals surface area contributed by atoms with E-state index in [1.165, 1.54) is 6.07 Å². The van der Waals surface area contributed by atoms with E-state index < -0.39 is 0 Å². The van der Waals surface area contributed by atoms with Crippen LogP contribution >= 0.6 is 0 Å². The quantitative estimate of drug-likeness (QED) is 0.580. The Labute approximate surface area is 147 Å². The first-order chi connectivity index (χ1) is 12.2. The van der Waals surface area contributed by atoms with E-state index in [-0.39, 0.29) is 5.82 Å². The van der Waals surface area contributed by atoms with E-state index in [0.29, 0.717) is 24.3 Å². The Hall–Kier alpha value is -2.81. The average molecular weight is 336 g/mol. The molecule has 3 aromatic carbocycles. The fourth-order valence-corrected chi connectivity index (χ4v) is 2.87. The monoisotopic (exact) mass is 336 g/mol. The zero-order chi connectivity index (χ0) is 17.6. The second-order valence-electron chi connectivity index (χ2n) is 5.76. The van der Waals surface area contributed by atoms with Crippen molar-refractivity contribution < 1.29 is 13.9 Å². The maximum atomic E-state index is 14.0. The highest BCUT2D eigenvalue weighted by Crippen LogP contribution is 2.35. The van der Waals surface area contributed by atoms with E-state index >= 15 is 0 Å². The highest BCUT2D eigenvalue weighted by atomic mass is 19.1. The van der Waals surface area contributed by atoms with Crippen molar-refractivity contribution in [1.29, 1.82) is 0 Å². The molecule has 0 fully saturated rings. The summed E-state index contributed by atoms with van der Waals surface area (Å²) in [6.45, 7) is 2.45. The van der Waals surface area contributed by atoms with Gasteiger partial charge >= 0.3 is 0 Å². The number of hydrogen-bond acceptors (Lipinski definition) is 2. The lowest BCUT2D eigenvalue weighted by Crippen LogP contribution is -1.98. The van der Waals surface area contributed by atoms with Crippen LogP contribution in [-0.2, 0) is 13.0 Å². The fraction of sp³-hybridized carbons (Fsp3) is 0.182. The van der Waals surface area contributed by atoms with E-state index in [2.05, 4.69) is 0 Å². The maximum Gasteiger partial charge on any atom is 0.132 e. The zero-order valence-corrected chi connectivity index (χ0v) is 14.5. The Morgan fingerprint density at radius 2 is 1.60 bits per heavy atom. The van der Waals surface area contributed by atoms with Crippen molar-refractivity contribution in [3.05, 3.63) is 83.7 Å². The summed E-state index contributed by atoms with van der Waals surface area (Å²) in [5.74, 6) is 1.16. The number of halogens is 1. The molecule has 0 atom stereocenters. The summed E-state index contributed by atoms with van der Waals surface area (Å²) in [6, 6.07) is 21.1. The van der Waals surface area contributed by atoms with E-state index in [9.17, 15) is 4.39 Å². The molecule has 0 heterocycles. The molecule has 128 valence electrons. The van der Waals surface area contributed by atoms with Gasteiger partial charge in [0.25, 0.3) is 0 Å². The standard InChI is InChI=1S/C22H21FO2/c1-3-19-21(23)14-13-20(22(19)24-2)17-9-11-18(12-10-17)25-15-16-7-5-4-6-8-16/h4-14H,3,15H2,1-2H3. The SMILES string of the molecule is CCc1c(F)ccc(-c2ccc(OCc3ccccc3)cc2)c1OC. The third-order valence-electron chi connectivity index (χ3n) is 4.17. The van der Waals surface area contributed by atoms with Crippen LogP contribution in [0.2, 0.25) is 0 Å². The summed E-state index contributed by atoms with van der Waals surface area (Å²) in [5, 5.41) is 0. The van der Waals surface area contributed by atoms with Gasteiger partial charge in [-0.15, -0.1) is 0 Å². The Kier molecular flexibility index (Phi) is 5.34. The second-order valence-corrected chi connectivity index (χ2v) is 5.76.